The Morgan fingerprint density at radius 2 is 2.25 bits per heavy atom. The fourth-order valence-corrected chi connectivity index (χ4v) is 2.99. The second kappa shape index (κ2) is 7.17. The van der Waals surface area contributed by atoms with Crippen LogP contribution >= 0.6 is 11.6 Å². The third kappa shape index (κ3) is 3.84. The molecule has 1 unspecified atom stereocenters. The van der Waals surface area contributed by atoms with Crippen molar-refractivity contribution in [1.82, 2.24) is 15.1 Å². The van der Waals surface area contributed by atoms with Crippen molar-refractivity contribution in [2.45, 2.75) is 13.0 Å². The van der Waals surface area contributed by atoms with Crippen molar-refractivity contribution >= 4 is 23.2 Å². The number of hydrogen-bond donors (Lipinski definition) is 1. The van der Waals surface area contributed by atoms with E-state index < -0.39 is 12.5 Å². The lowest BCUT2D eigenvalue weighted by Crippen LogP contribution is -2.31. The van der Waals surface area contributed by atoms with E-state index in [-0.39, 0.29) is 5.69 Å². The summed E-state index contributed by atoms with van der Waals surface area (Å²) in [5.41, 5.74) is 1.06. The minimum atomic E-state index is -2.74. The molecule has 0 saturated carbocycles. The number of hydrogen-bond acceptors (Lipinski definition) is 3. The van der Waals surface area contributed by atoms with Gasteiger partial charge in [0.1, 0.15) is 5.69 Å². The van der Waals surface area contributed by atoms with Crippen molar-refractivity contribution in [2.75, 3.05) is 24.5 Å². The Kier molecular flexibility index (Phi) is 4.99. The number of carbonyl (C=O) groups is 1. The molecule has 3 rings (SSSR count). The topological polar surface area (TPSA) is 50.2 Å². The summed E-state index contributed by atoms with van der Waals surface area (Å²) in [5.74, 6) is -0.138. The van der Waals surface area contributed by atoms with Gasteiger partial charge in [-0.1, -0.05) is 17.7 Å². The monoisotopic (exact) mass is 354 g/mol. The molecule has 1 N–H and O–H groups in total. The molecule has 1 aromatic carbocycles. The summed E-state index contributed by atoms with van der Waals surface area (Å²) in [7, 11) is 0. The summed E-state index contributed by atoms with van der Waals surface area (Å²) in [5, 5.41) is 7.01. The van der Waals surface area contributed by atoms with Gasteiger partial charge in [0.05, 0.1) is 0 Å². The zero-order valence-electron chi connectivity index (χ0n) is 12.8. The normalized spacial score (nSPS) is 17.5. The standard InChI is InChI=1S/C16H17ClF2N4O/c17-12-2-1-3-13(8-12)22-6-4-11(10-22)9-20-15(24)14-5-7-23(21-14)16(18)19/h1-3,5,7-8,11,16H,4,6,9-10H2,(H,20,24). The van der Waals surface area contributed by atoms with E-state index in [0.717, 1.165) is 31.4 Å². The lowest BCUT2D eigenvalue weighted by Gasteiger charge is -2.19. The molecule has 128 valence electrons. The van der Waals surface area contributed by atoms with Crippen LogP contribution in [0.2, 0.25) is 5.02 Å². The number of aromatic nitrogens is 2. The first-order valence-corrected chi connectivity index (χ1v) is 8.03. The van der Waals surface area contributed by atoms with Crippen LogP contribution < -0.4 is 10.2 Å². The van der Waals surface area contributed by atoms with Crippen LogP contribution in [0, 0.1) is 5.92 Å². The summed E-state index contributed by atoms with van der Waals surface area (Å²) in [6.45, 7) is -0.558. The molecule has 1 aliphatic rings. The number of rotatable bonds is 5. The lowest BCUT2D eigenvalue weighted by molar-refractivity contribution is 0.0560. The van der Waals surface area contributed by atoms with Crippen molar-refractivity contribution in [2.24, 2.45) is 5.92 Å². The van der Waals surface area contributed by atoms with Gasteiger partial charge < -0.3 is 10.2 Å². The molecule has 2 aromatic rings. The van der Waals surface area contributed by atoms with Gasteiger partial charge >= 0.3 is 6.55 Å². The number of benzene rings is 1. The molecule has 1 amide bonds. The van der Waals surface area contributed by atoms with E-state index in [1.807, 2.05) is 24.3 Å². The SMILES string of the molecule is O=C(NCC1CCN(c2cccc(Cl)c2)C1)c1ccn(C(F)F)n1. The summed E-state index contributed by atoms with van der Waals surface area (Å²) in [6.07, 6.45) is 2.04. The van der Waals surface area contributed by atoms with E-state index >= 15 is 0 Å². The fraction of sp³-hybridized carbons (Fsp3) is 0.375. The van der Waals surface area contributed by atoms with Crippen molar-refractivity contribution in [3.05, 3.63) is 47.2 Å². The first-order chi connectivity index (χ1) is 11.5. The van der Waals surface area contributed by atoms with Gasteiger partial charge in [0.2, 0.25) is 0 Å². The summed E-state index contributed by atoms with van der Waals surface area (Å²) >= 11 is 6.01. The van der Waals surface area contributed by atoms with E-state index in [2.05, 4.69) is 15.3 Å². The average molecular weight is 355 g/mol. The Morgan fingerprint density at radius 1 is 1.42 bits per heavy atom. The van der Waals surface area contributed by atoms with E-state index in [4.69, 9.17) is 11.6 Å². The molecule has 1 saturated heterocycles. The van der Waals surface area contributed by atoms with Gasteiger partial charge in [-0.15, -0.1) is 0 Å². The molecular weight excluding hydrogens is 338 g/mol. The van der Waals surface area contributed by atoms with Gasteiger partial charge in [0, 0.05) is 36.5 Å². The van der Waals surface area contributed by atoms with Gasteiger partial charge in [-0.3, -0.25) is 4.79 Å². The zero-order chi connectivity index (χ0) is 17.1. The number of anilines is 1. The molecule has 0 radical (unpaired) electrons. The number of nitrogens with zero attached hydrogens (tertiary/aromatic N) is 3. The third-order valence-corrected chi connectivity index (χ3v) is 4.29. The van der Waals surface area contributed by atoms with Crippen LogP contribution in [0.3, 0.4) is 0 Å². The van der Waals surface area contributed by atoms with Crippen molar-refractivity contribution in [1.29, 1.82) is 0 Å². The second-order valence-electron chi connectivity index (χ2n) is 5.75. The largest absolute Gasteiger partial charge is 0.371 e. The maximum atomic E-state index is 12.5. The number of halogens is 3. The molecule has 24 heavy (non-hydrogen) atoms. The average Bonchev–Trinajstić information content (AvgIpc) is 3.22. The molecule has 2 heterocycles. The number of amides is 1. The second-order valence-corrected chi connectivity index (χ2v) is 6.19. The van der Waals surface area contributed by atoms with Crippen LogP contribution in [-0.4, -0.2) is 35.3 Å². The van der Waals surface area contributed by atoms with Gasteiger partial charge in [-0.2, -0.15) is 13.9 Å². The summed E-state index contributed by atoms with van der Waals surface area (Å²) < 4.78 is 25.4. The highest BCUT2D eigenvalue weighted by atomic mass is 35.5. The van der Waals surface area contributed by atoms with Crippen molar-refractivity contribution in [3.8, 4) is 0 Å². The molecule has 0 spiro atoms. The maximum Gasteiger partial charge on any atom is 0.333 e. The number of alkyl halides is 2. The maximum absolute atomic E-state index is 12.5. The Hall–Kier alpha value is -2.15. The minimum Gasteiger partial charge on any atom is -0.371 e. The Morgan fingerprint density at radius 3 is 2.96 bits per heavy atom. The number of nitrogens with one attached hydrogen (secondary N) is 1. The first kappa shape index (κ1) is 16.7. The zero-order valence-corrected chi connectivity index (χ0v) is 13.6. The van der Waals surface area contributed by atoms with E-state index in [1.54, 1.807) is 0 Å². The predicted molar refractivity (Wildman–Crippen MR) is 87.6 cm³/mol. The van der Waals surface area contributed by atoms with Crippen molar-refractivity contribution in [3.63, 3.8) is 0 Å². The van der Waals surface area contributed by atoms with Crippen LogP contribution in [0.1, 0.15) is 23.5 Å². The van der Waals surface area contributed by atoms with Crippen LogP contribution in [0.5, 0.6) is 0 Å². The van der Waals surface area contributed by atoms with Gasteiger partial charge in [0.25, 0.3) is 5.91 Å². The smallest absolute Gasteiger partial charge is 0.333 e. The summed E-state index contributed by atoms with van der Waals surface area (Å²) in [6, 6.07) is 8.95. The van der Waals surface area contributed by atoms with E-state index in [0.29, 0.717) is 22.2 Å². The minimum absolute atomic E-state index is 0.00000532. The molecule has 8 heteroatoms. The Balaban J connectivity index is 1.51. The van der Waals surface area contributed by atoms with Gasteiger partial charge in [-0.05, 0) is 36.6 Å². The Bertz CT molecular complexity index is 722. The molecule has 1 fully saturated rings. The first-order valence-electron chi connectivity index (χ1n) is 7.65. The highest BCUT2D eigenvalue weighted by Crippen LogP contribution is 2.25. The highest BCUT2D eigenvalue weighted by Gasteiger charge is 2.24. The molecule has 0 aliphatic carbocycles. The fourth-order valence-electron chi connectivity index (χ4n) is 2.80. The highest BCUT2D eigenvalue weighted by molar-refractivity contribution is 6.30. The molecule has 0 bridgehead atoms. The molecule has 1 aromatic heterocycles. The van der Waals surface area contributed by atoms with Gasteiger partial charge in [0.15, 0.2) is 0 Å². The van der Waals surface area contributed by atoms with Crippen LogP contribution in [0.15, 0.2) is 36.5 Å². The van der Waals surface area contributed by atoms with Gasteiger partial charge in [-0.25, -0.2) is 4.68 Å². The van der Waals surface area contributed by atoms with E-state index in [9.17, 15) is 13.6 Å². The molecular formula is C16H17ClF2N4O. The van der Waals surface area contributed by atoms with E-state index in [1.165, 1.54) is 6.07 Å². The molecule has 1 aliphatic heterocycles. The van der Waals surface area contributed by atoms with Crippen LogP contribution in [0.25, 0.3) is 0 Å². The Labute approximate surface area is 143 Å². The summed E-state index contributed by atoms with van der Waals surface area (Å²) in [4.78, 5) is 14.2. The predicted octanol–water partition coefficient (Wildman–Crippen LogP) is 3.19. The van der Waals surface area contributed by atoms with Crippen LogP contribution in [-0.2, 0) is 0 Å². The quantitative estimate of drug-likeness (QED) is 0.897. The van der Waals surface area contributed by atoms with Crippen LogP contribution in [0.4, 0.5) is 14.5 Å². The molecule has 1 atom stereocenters. The number of carbonyl (C=O) groups excluding carboxylic acids is 1. The molecule has 5 nitrogen and oxygen atoms in total. The lowest BCUT2D eigenvalue weighted by atomic mass is 10.1. The third-order valence-electron chi connectivity index (χ3n) is 4.05. The van der Waals surface area contributed by atoms with Crippen molar-refractivity contribution < 1.29 is 13.6 Å².